The van der Waals surface area contributed by atoms with Crippen LogP contribution in [0.4, 0.5) is 0 Å². The van der Waals surface area contributed by atoms with E-state index in [1.807, 2.05) is 0 Å². The van der Waals surface area contributed by atoms with E-state index in [-0.39, 0.29) is 22.5 Å². The molecule has 1 fully saturated rings. The number of phenolic OH excluding ortho intramolecular Hbond substituents is 1. The lowest BCUT2D eigenvalue weighted by Gasteiger charge is -2.42. The number of halogens is 1. The van der Waals surface area contributed by atoms with Crippen molar-refractivity contribution in [3.05, 3.63) is 22.7 Å². The minimum Gasteiger partial charge on any atom is -0.543 e. The van der Waals surface area contributed by atoms with Crippen LogP contribution < -0.4 is 4.43 Å². The highest BCUT2D eigenvalue weighted by Crippen LogP contribution is 2.44. The first-order valence-corrected chi connectivity index (χ1v) is 12.9. The number of ketones is 1. The average Bonchev–Trinajstić information content (AvgIpc) is 2.61. The van der Waals surface area contributed by atoms with Crippen molar-refractivity contribution < 1.29 is 14.3 Å². The van der Waals surface area contributed by atoms with Crippen molar-refractivity contribution in [2.24, 2.45) is 5.92 Å². The van der Waals surface area contributed by atoms with Gasteiger partial charge in [-0.25, -0.2) is 0 Å². The van der Waals surface area contributed by atoms with Crippen LogP contribution in [-0.4, -0.2) is 19.2 Å². The molecule has 27 heavy (non-hydrogen) atoms. The Labute approximate surface area is 170 Å². The van der Waals surface area contributed by atoms with Gasteiger partial charge in [-0.05, 0) is 35.5 Å². The van der Waals surface area contributed by atoms with Crippen LogP contribution in [0.15, 0.2) is 12.1 Å². The van der Waals surface area contributed by atoms with Gasteiger partial charge in [0.1, 0.15) is 11.5 Å². The van der Waals surface area contributed by atoms with Crippen LogP contribution in [0, 0.1) is 5.92 Å². The lowest BCUT2D eigenvalue weighted by Crippen LogP contribution is -2.50. The summed E-state index contributed by atoms with van der Waals surface area (Å²) in [5, 5.41) is 10.7. The van der Waals surface area contributed by atoms with Crippen molar-refractivity contribution in [1.82, 2.24) is 0 Å². The Kier molecular flexibility index (Phi) is 7.43. The van der Waals surface area contributed by atoms with Gasteiger partial charge >= 0.3 is 0 Å². The molecule has 0 spiro atoms. The van der Waals surface area contributed by atoms with Gasteiger partial charge in [0.15, 0.2) is 5.78 Å². The lowest BCUT2D eigenvalue weighted by molar-refractivity contribution is 0.0886. The van der Waals surface area contributed by atoms with Crippen molar-refractivity contribution in [2.45, 2.75) is 90.3 Å². The molecule has 0 aliphatic heterocycles. The molecular formula is C22H35ClO3Si. The monoisotopic (exact) mass is 410 g/mol. The van der Waals surface area contributed by atoms with E-state index in [1.54, 1.807) is 12.1 Å². The second kappa shape index (κ2) is 9.00. The van der Waals surface area contributed by atoms with Crippen molar-refractivity contribution in [1.29, 1.82) is 0 Å². The number of phenols is 1. The van der Waals surface area contributed by atoms with Gasteiger partial charge in [0, 0.05) is 12.0 Å². The summed E-state index contributed by atoms with van der Waals surface area (Å²) in [6.07, 6.45) is 5.12. The normalized spacial score (nSPS) is 16.4. The zero-order valence-corrected chi connectivity index (χ0v) is 19.4. The number of hydrogen-bond acceptors (Lipinski definition) is 3. The number of rotatable bonds is 7. The van der Waals surface area contributed by atoms with E-state index in [4.69, 9.17) is 16.0 Å². The third-order valence-electron chi connectivity index (χ3n) is 6.28. The molecule has 0 saturated heterocycles. The van der Waals surface area contributed by atoms with Crippen LogP contribution in [0.2, 0.25) is 21.6 Å². The Hall–Kier alpha value is -1.00. The molecule has 1 aliphatic carbocycles. The number of benzene rings is 1. The van der Waals surface area contributed by atoms with Crippen LogP contribution >= 0.6 is 11.6 Å². The maximum Gasteiger partial charge on any atom is 0.258 e. The molecule has 1 saturated carbocycles. The molecule has 0 radical (unpaired) electrons. The highest BCUT2D eigenvalue weighted by molar-refractivity contribution is 6.78. The minimum absolute atomic E-state index is 0.00505. The minimum atomic E-state index is -2.16. The molecular weight excluding hydrogens is 376 g/mol. The molecule has 0 atom stereocenters. The van der Waals surface area contributed by atoms with Gasteiger partial charge in [-0.2, -0.15) is 0 Å². The predicted octanol–water partition coefficient (Wildman–Crippen LogP) is 7.36. The molecule has 1 N–H and O–H groups in total. The summed E-state index contributed by atoms with van der Waals surface area (Å²) in [4.78, 5) is 13.0. The zero-order chi connectivity index (χ0) is 20.4. The number of carbonyl (C=O) groups excluding carboxylic acids is 1. The molecule has 1 aromatic carbocycles. The molecule has 0 heterocycles. The molecule has 0 aromatic heterocycles. The summed E-state index contributed by atoms with van der Waals surface area (Å²) >= 11 is 6.30. The van der Waals surface area contributed by atoms with Gasteiger partial charge in [0.25, 0.3) is 8.32 Å². The Morgan fingerprint density at radius 2 is 1.56 bits per heavy atom. The van der Waals surface area contributed by atoms with E-state index >= 15 is 0 Å². The SMILES string of the molecule is CC(C)[Si](Oc1cc(Cl)c(O)c(C(=O)C2CCCCC2)c1)(C(C)C)C(C)C. The van der Waals surface area contributed by atoms with Crippen LogP contribution in [-0.2, 0) is 0 Å². The van der Waals surface area contributed by atoms with Crippen LogP contribution in [0.5, 0.6) is 11.5 Å². The number of carbonyl (C=O) groups is 1. The molecule has 1 aliphatic rings. The number of Topliss-reactive ketones (excluding diaryl/α,β-unsaturated/α-hetero) is 1. The Morgan fingerprint density at radius 1 is 1.04 bits per heavy atom. The Bertz CT molecular complexity index is 642. The molecule has 152 valence electrons. The third-order valence-corrected chi connectivity index (χ3v) is 12.6. The summed E-state index contributed by atoms with van der Waals surface area (Å²) < 4.78 is 6.69. The lowest BCUT2D eigenvalue weighted by atomic mass is 9.83. The second-order valence-electron chi connectivity index (χ2n) is 8.92. The smallest absolute Gasteiger partial charge is 0.258 e. The third kappa shape index (κ3) is 4.53. The second-order valence-corrected chi connectivity index (χ2v) is 14.7. The van der Waals surface area contributed by atoms with Crippen LogP contribution in [0.3, 0.4) is 0 Å². The van der Waals surface area contributed by atoms with E-state index in [1.165, 1.54) is 6.42 Å². The highest BCUT2D eigenvalue weighted by Gasteiger charge is 2.47. The van der Waals surface area contributed by atoms with Gasteiger partial charge < -0.3 is 9.53 Å². The fourth-order valence-corrected chi connectivity index (χ4v) is 10.4. The standard InChI is InChI=1S/C22H35ClO3Si/c1-14(2)27(15(3)4,16(5)6)26-18-12-19(22(25)20(23)13-18)21(24)17-10-8-7-9-11-17/h12-17,25H,7-11H2,1-6H3. The molecule has 2 rings (SSSR count). The van der Waals surface area contributed by atoms with Crippen molar-refractivity contribution in [3.8, 4) is 11.5 Å². The summed E-state index contributed by atoms with van der Waals surface area (Å²) in [6, 6.07) is 3.40. The molecule has 0 amide bonds. The van der Waals surface area contributed by atoms with Crippen LogP contribution in [0.25, 0.3) is 0 Å². The van der Waals surface area contributed by atoms with Gasteiger partial charge in [-0.15, -0.1) is 0 Å². The van der Waals surface area contributed by atoms with E-state index in [0.29, 0.717) is 27.9 Å². The van der Waals surface area contributed by atoms with Crippen molar-refractivity contribution in [3.63, 3.8) is 0 Å². The first-order valence-electron chi connectivity index (χ1n) is 10.4. The predicted molar refractivity (Wildman–Crippen MR) is 116 cm³/mol. The van der Waals surface area contributed by atoms with Gasteiger partial charge in [-0.3, -0.25) is 4.79 Å². The van der Waals surface area contributed by atoms with Gasteiger partial charge in [-0.1, -0.05) is 72.4 Å². The maximum absolute atomic E-state index is 13.0. The summed E-state index contributed by atoms with van der Waals surface area (Å²) in [5.41, 5.74) is 1.58. The summed E-state index contributed by atoms with van der Waals surface area (Å²) in [7, 11) is -2.16. The van der Waals surface area contributed by atoms with Crippen molar-refractivity contribution in [2.75, 3.05) is 0 Å². The maximum atomic E-state index is 13.0. The topological polar surface area (TPSA) is 46.5 Å². The van der Waals surface area contributed by atoms with Gasteiger partial charge in [0.2, 0.25) is 0 Å². The Balaban J connectivity index is 2.43. The summed E-state index contributed by atoms with van der Waals surface area (Å²) in [5.74, 6) is 0.508. The van der Waals surface area contributed by atoms with E-state index < -0.39 is 8.32 Å². The number of hydrogen-bond donors (Lipinski definition) is 1. The van der Waals surface area contributed by atoms with Crippen molar-refractivity contribution >= 4 is 25.7 Å². The Morgan fingerprint density at radius 3 is 2.04 bits per heavy atom. The quantitative estimate of drug-likeness (QED) is 0.377. The van der Waals surface area contributed by atoms with E-state index in [9.17, 15) is 9.90 Å². The van der Waals surface area contributed by atoms with E-state index in [2.05, 4.69) is 41.5 Å². The molecule has 0 unspecified atom stereocenters. The first kappa shape index (κ1) is 22.3. The molecule has 0 bridgehead atoms. The highest BCUT2D eigenvalue weighted by atomic mass is 35.5. The van der Waals surface area contributed by atoms with E-state index in [0.717, 1.165) is 25.7 Å². The average molecular weight is 411 g/mol. The fraction of sp³-hybridized carbons (Fsp3) is 0.682. The fourth-order valence-electron chi connectivity index (χ4n) is 4.96. The van der Waals surface area contributed by atoms with Crippen LogP contribution in [0.1, 0.15) is 84.0 Å². The van der Waals surface area contributed by atoms with Gasteiger partial charge in [0.05, 0.1) is 10.6 Å². The summed E-state index contributed by atoms with van der Waals surface area (Å²) in [6.45, 7) is 13.3. The molecule has 1 aromatic rings. The number of aromatic hydroxyl groups is 1. The largest absolute Gasteiger partial charge is 0.543 e. The first-order chi connectivity index (χ1) is 12.6. The zero-order valence-electron chi connectivity index (χ0n) is 17.6. The molecule has 5 heteroatoms. The molecule has 3 nitrogen and oxygen atoms in total.